The first-order valence-corrected chi connectivity index (χ1v) is 5.62. The Kier molecular flexibility index (Phi) is 2.73. The third-order valence-corrected chi connectivity index (χ3v) is 3.08. The molecule has 1 aliphatic rings. The maximum absolute atomic E-state index is 14.6. The molecule has 90 valence electrons. The molecule has 1 heterocycles. The first-order valence-electron chi connectivity index (χ1n) is 5.62. The van der Waals surface area contributed by atoms with Gasteiger partial charge in [-0.2, -0.15) is 10.1 Å². The molecule has 0 radical (unpaired) electrons. The standard InChI is InChI=1S/C13H15FN2O/c1-9(2)13(14)10(3)15-16(12(13)17)11-7-5-4-6-8-11/h4-9H,1-3H3. The van der Waals surface area contributed by atoms with Crippen LogP contribution in [-0.4, -0.2) is 17.3 Å². The van der Waals surface area contributed by atoms with Gasteiger partial charge in [-0.1, -0.05) is 32.0 Å². The molecular weight excluding hydrogens is 219 g/mol. The average Bonchev–Trinajstić information content (AvgIpc) is 2.56. The van der Waals surface area contributed by atoms with Gasteiger partial charge in [0.15, 0.2) is 0 Å². The molecule has 2 rings (SSSR count). The predicted octanol–water partition coefficient (Wildman–Crippen LogP) is 2.77. The molecular formula is C13H15FN2O. The van der Waals surface area contributed by atoms with Gasteiger partial charge in [0.2, 0.25) is 5.67 Å². The maximum Gasteiger partial charge on any atom is 0.291 e. The number of hydrazone groups is 1. The zero-order chi connectivity index (χ0) is 12.6. The van der Waals surface area contributed by atoms with Gasteiger partial charge in [0.25, 0.3) is 5.91 Å². The van der Waals surface area contributed by atoms with Crippen molar-refractivity contribution in [3.8, 4) is 0 Å². The van der Waals surface area contributed by atoms with Crippen molar-refractivity contribution >= 4 is 17.3 Å². The number of hydrogen-bond acceptors (Lipinski definition) is 2. The number of halogens is 1. The van der Waals surface area contributed by atoms with Crippen molar-refractivity contribution in [2.45, 2.75) is 26.4 Å². The number of rotatable bonds is 2. The fourth-order valence-electron chi connectivity index (χ4n) is 1.99. The quantitative estimate of drug-likeness (QED) is 0.774. The summed E-state index contributed by atoms with van der Waals surface area (Å²) in [7, 11) is 0. The first-order chi connectivity index (χ1) is 7.98. The van der Waals surface area contributed by atoms with Crippen LogP contribution in [-0.2, 0) is 4.79 Å². The summed E-state index contributed by atoms with van der Waals surface area (Å²) in [5.74, 6) is -1.02. The molecule has 1 unspecified atom stereocenters. The van der Waals surface area contributed by atoms with Crippen molar-refractivity contribution in [3.63, 3.8) is 0 Å². The van der Waals surface area contributed by atoms with Crippen molar-refractivity contribution < 1.29 is 9.18 Å². The van der Waals surface area contributed by atoms with E-state index in [1.807, 2.05) is 6.07 Å². The van der Waals surface area contributed by atoms with E-state index in [1.165, 1.54) is 0 Å². The Morgan fingerprint density at radius 2 is 1.88 bits per heavy atom. The van der Waals surface area contributed by atoms with Gasteiger partial charge in [0.1, 0.15) is 0 Å². The number of anilines is 1. The lowest BCUT2D eigenvalue weighted by atomic mass is 9.88. The average molecular weight is 234 g/mol. The molecule has 0 saturated heterocycles. The molecule has 1 aromatic rings. The topological polar surface area (TPSA) is 32.7 Å². The number of hydrogen-bond donors (Lipinski definition) is 0. The summed E-state index contributed by atoms with van der Waals surface area (Å²) in [5, 5.41) is 5.19. The Morgan fingerprint density at radius 3 is 2.35 bits per heavy atom. The molecule has 1 atom stereocenters. The monoisotopic (exact) mass is 234 g/mol. The fraction of sp³-hybridized carbons (Fsp3) is 0.385. The Bertz CT molecular complexity index is 470. The highest BCUT2D eigenvalue weighted by molar-refractivity contribution is 6.21. The van der Waals surface area contributed by atoms with Gasteiger partial charge in [0.05, 0.1) is 11.4 Å². The molecule has 0 saturated carbocycles. The third-order valence-electron chi connectivity index (χ3n) is 3.08. The summed E-state index contributed by atoms with van der Waals surface area (Å²) in [5.41, 5.74) is -1.16. The molecule has 0 aliphatic carbocycles. The van der Waals surface area contributed by atoms with Gasteiger partial charge in [-0.15, -0.1) is 0 Å². The van der Waals surface area contributed by atoms with Crippen LogP contribution in [0.4, 0.5) is 10.1 Å². The first kappa shape index (κ1) is 11.8. The minimum Gasteiger partial charge on any atom is -0.268 e. The highest BCUT2D eigenvalue weighted by atomic mass is 19.1. The molecule has 4 heteroatoms. The summed E-state index contributed by atoms with van der Waals surface area (Å²) in [6, 6.07) is 8.90. The Morgan fingerprint density at radius 1 is 1.29 bits per heavy atom. The fourth-order valence-corrected chi connectivity index (χ4v) is 1.99. The lowest BCUT2D eigenvalue weighted by Crippen LogP contribution is -2.46. The van der Waals surface area contributed by atoms with Crippen LogP contribution in [0.2, 0.25) is 0 Å². The predicted molar refractivity (Wildman–Crippen MR) is 65.7 cm³/mol. The van der Waals surface area contributed by atoms with Crippen LogP contribution in [0.3, 0.4) is 0 Å². The molecule has 0 bridgehead atoms. The van der Waals surface area contributed by atoms with Gasteiger partial charge >= 0.3 is 0 Å². The van der Waals surface area contributed by atoms with E-state index in [0.29, 0.717) is 5.69 Å². The van der Waals surface area contributed by atoms with Crippen LogP contribution >= 0.6 is 0 Å². The molecule has 1 aromatic carbocycles. The van der Waals surface area contributed by atoms with Crippen LogP contribution in [0.15, 0.2) is 35.4 Å². The van der Waals surface area contributed by atoms with Crippen molar-refractivity contribution in [3.05, 3.63) is 30.3 Å². The minimum atomic E-state index is -1.98. The number of carbonyl (C=O) groups is 1. The second-order valence-corrected chi connectivity index (χ2v) is 4.50. The van der Waals surface area contributed by atoms with E-state index < -0.39 is 17.5 Å². The number of carbonyl (C=O) groups excluding carboxylic acids is 1. The van der Waals surface area contributed by atoms with Crippen molar-refractivity contribution in [1.82, 2.24) is 0 Å². The summed E-state index contributed by atoms with van der Waals surface area (Å²) in [6.45, 7) is 4.93. The molecule has 0 aromatic heterocycles. The number of para-hydroxylation sites is 1. The van der Waals surface area contributed by atoms with Crippen LogP contribution < -0.4 is 5.01 Å². The van der Waals surface area contributed by atoms with E-state index in [1.54, 1.807) is 45.0 Å². The maximum atomic E-state index is 14.6. The van der Waals surface area contributed by atoms with E-state index in [4.69, 9.17) is 0 Å². The van der Waals surface area contributed by atoms with Crippen LogP contribution in [0.5, 0.6) is 0 Å². The van der Waals surface area contributed by atoms with Crippen molar-refractivity contribution in [2.24, 2.45) is 11.0 Å². The molecule has 17 heavy (non-hydrogen) atoms. The number of nitrogens with zero attached hydrogens (tertiary/aromatic N) is 2. The van der Waals surface area contributed by atoms with Gasteiger partial charge in [0, 0.05) is 5.92 Å². The number of benzene rings is 1. The zero-order valence-electron chi connectivity index (χ0n) is 10.1. The van der Waals surface area contributed by atoms with E-state index >= 15 is 0 Å². The van der Waals surface area contributed by atoms with Gasteiger partial charge in [-0.3, -0.25) is 4.79 Å². The molecule has 1 amide bonds. The number of alkyl halides is 1. The summed E-state index contributed by atoms with van der Waals surface area (Å²) < 4.78 is 14.6. The van der Waals surface area contributed by atoms with E-state index in [-0.39, 0.29) is 5.71 Å². The Balaban J connectivity index is 2.41. The smallest absolute Gasteiger partial charge is 0.268 e. The van der Waals surface area contributed by atoms with Crippen LogP contribution in [0.1, 0.15) is 20.8 Å². The van der Waals surface area contributed by atoms with Crippen LogP contribution in [0.25, 0.3) is 0 Å². The van der Waals surface area contributed by atoms with Gasteiger partial charge in [-0.25, -0.2) is 4.39 Å². The Labute approximate surface area is 99.9 Å². The van der Waals surface area contributed by atoms with E-state index in [0.717, 1.165) is 5.01 Å². The van der Waals surface area contributed by atoms with Gasteiger partial charge < -0.3 is 0 Å². The van der Waals surface area contributed by atoms with Crippen LogP contribution in [0, 0.1) is 5.92 Å². The van der Waals surface area contributed by atoms with Crippen molar-refractivity contribution in [1.29, 1.82) is 0 Å². The normalized spacial score (nSPS) is 24.4. The van der Waals surface area contributed by atoms with E-state index in [2.05, 4.69) is 5.10 Å². The van der Waals surface area contributed by atoms with Gasteiger partial charge in [-0.05, 0) is 19.1 Å². The zero-order valence-corrected chi connectivity index (χ0v) is 10.1. The summed E-state index contributed by atoms with van der Waals surface area (Å²) in [4.78, 5) is 12.1. The molecule has 1 aliphatic heterocycles. The Hall–Kier alpha value is -1.71. The second kappa shape index (κ2) is 3.95. The third kappa shape index (κ3) is 1.64. The largest absolute Gasteiger partial charge is 0.291 e. The molecule has 3 nitrogen and oxygen atoms in total. The molecule has 0 spiro atoms. The summed E-state index contributed by atoms with van der Waals surface area (Å²) >= 11 is 0. The molecule has 0 N–H and O–H groups in total. The highest BCUT2D eigenvalue weighted by Crippen LogP contribution is 2.34. The highest BCUT2D eigenvalue weighted by Gasteiger charge is 2.52. The minimum absolute atomic E-state index is 0.223. The summed E-state index contributed by atoms with van der Waals surface area (Å²) in [6.07, 6.45) is 0. The molecule has 0 fully saturated rings. The SMILES string of the molecule is CC1=NN(c2ccccc2)C(=O)C1(F)C(C)C. The second-order valence-electron chi connectivity index (χ2n) is 4.50. The lowest BCUT2D eigenvalue weighted by Gasteiger charge is -2.23. The number of amides is 1. The van der Waals surface area contributed by atoms with E-state index in [9.17, 15) is 9.18 Å². The van der Waals surface area contributed by atoms with Crippen molar-refractivity contribution in [2.75, 3.05) is 5.01 Å². The lowest BCUT2D eigenvalue weighted by molar-refractivity contribution is -0.126.